The predicted octanol–water partition coefficient (Wildman–Crippen LogP) is 3.79. The molecule has 3 rings (SSSR count). The standard InChI is InChI=1S/C14H14ClN/c15-13(11-5-6-11)9-14-12-4-2-1-3-10(12)7-8-16-14/h1-4,7-8,11,13H,5-6,9H2. The summed E-state index contributed by atoms with van der Waals surface area (Å²) in [5.41, 5.74) is 1.14. The highest BCUT2D eigenvalue weighted by Gasteiger charge is 2.30. The van der Waals surface area contributed by atoms with Crippen LogP contribution in [0.15, 0.2) is 36.5 Å². The number of rotatable bonds is 3. The fraction of sp³-hybridized carbons (Fsp3) is 0.357. The van der Waals surface area contributed by atoms with Gasteiger partial charge in [-0.25, -0.2) is 0 Å². The summed E-state index contributed by atoms with van der Waals surface area (Å²) in [5, 5.41) is 2.77. The van der Waals surface area contributed by atoms with Crippen molar-refractivity contribution in [2.75, 3.05) is 0 Å². The van der Waals surface area contributed by atoms with Gasteiger partial charge < -0.3 is 0 Å². The van der Waals surface area contributed by atoms with Crippen molar-refractivity contribution in [2.45, 2.75) is 24.6 Å². The SMILES string of the molecule is ClC(Cc1nccc2ccccc12)C1CC1. The van der Waals surface area contributed by atoms with E-state index in [1.807, 2.05) is 6.20 Å². The van der Waals surface area contributed by atoms with Gasteiger partial charge in [-0.3, -0.25) is 4.98 Å². The number of nitrogens with zero attached hydrogens (tertiary/aromatic N) is 1. The summed E-state index contributed by atoms with van der Waals surface area (Å²) in [6.45, 7) is 0. The van der Waals surface area contributed by atoms with Gasteiger partial charge >= 0.3 is 0 Å². The van der Waals surface area contributed by atoms with E-state index in [1.165, 1.54) is 23.6 Å². The number of halogens is 1. The molecule has 1 aromatic carbocycles. The van der Waals surface area contributed by atoms with Crippen LogP contribution in [0, 0.1) is 5.92 Å². The van der Waals surface area contributed by atoms with Crippen LogP contribution in [-0.2, 0) is 6.42 Å². The number of aromatic nitrogens is 1. The van der Waals surface area contributed by atoms with E-state index in [1.54, 1.807) is 0 Å². The van der Waals surface area contributed by atoms with E-state index in [4.69, 9.17) is 11.6 Å². The minimum atomic E-state index is 0.262. The molecule has 82 valence electrons. The Hall–Kier alpha value is -1.08. The molecule has 2 heteroatoms. The maximum Gasteiger partial charge on any atom is 0.0496 e. The van der Waals surface area contributed by atoms with Crippen molar-refractivity contribution >= 4 is 22.4 Å². The summed E-state index contributed by atoms with van der Waals surface area (Å²) in [6, 6.07) is 10.4. The molecule has 1 nitrogen and oxygen atoms in total. The summed E-state index contributed by atoms with van der Waals surface area (Å²) in [4.78, 5) is 4.47. The van der Waals surface area contributed by atoms with Gasteiger partial charge in [0.25, 0.3) is 0 Å². The van der Waals surface area contributed by atoms with E-state index >= 15 is 0 Å². The van der Waals surface area contributed by atoms with Crippen molar-refractivity contribution in [3.05, 3.63) is 42.2 Å². The number of hydrogen-bond acceptors (Lipinski definition) is 1. The fourth-order valence-electron chi connectivity index (χ4n) is 2.15. The Balaban J connectivity index is 1.95. The molecule has 1 aromatic heterocycles. The molecular weight excluding hydrogens is 218 g/mol. The zero-order valence-electron chi connectivity index (χ0n) is 9.07. The van der Waals surface area contributed by atoms with E-state index < -0.39 is 0 Å². The molecule has 1 heterocycles. The van der Waals surface area contributed by atoms with Crippen LogP contribution in [0.1, 0.15) is 18.5 Å². The van der Waals surface area contributed by atoms with Crippen LogP contribution in [0.4, 0.5) is 0 Å². The number of alkyl halides is 1. The zero-order chi connectivity index (χ0) is 11.0. The third-order valence-corrected chi connectivity index (χ3v) is 3.79. The highest BCUT2D eigenvalue weighted by Crippen LogP contribution is 2.37. The molecule has 1 aliphatic rings. The van der Waals surface area contributed by atoms with Crippen molar-refractivity contribution in [3.63, 3.8) is 0 Å². The van der Waals surface area contributed by atoms with Gasteiger partial charge in [0, 0.05) is 29.1 Å². The summed E-state index contributed by atoms with van der Waals surface area (Å²) in [6.07, 6.45) is 5.36. The maximum absolute atomic E-state index is 6.37. The van der Waals surface area contributed by atoms with Crippen LogP contribution in [0.25, 0.3) is 10.8 Å². The van der Waals surface area contributed by atoms with Gasteiger partial charge in [0.15, 0.2) is 0 Å². The van der Waals surface area contributed by atoms with Crippen molar-refractivity contribution in [2.24, 2.45) is 5.92 Å². The van der Waals surface area contributed by atoms with E-state index in [0.29, 0.717) is 0 Å². The highest BCUT2D eigenvalue weighted by molar-refractivity contribution is 6.21. The lowest BCUT2D eigenvalue weighted by molar-refractivity contribution is 0.728. The summed E-state index contributed by atoms with van der Waals surface area (Å²) in [5.74, 6) is 0.724. The van der Waals surface area contributed by atoms with Gasteiger partial charge in [0.2, 0.25) is 0 Å². The Bertz CT molecular complexity index is 500. The van der Waals surface area contributed by atoms with Gasteiger partial charge in [-0.2, -0.15) is 0 Å². The molecule has 0 amide bonds. The minimum Gasteiger partial charge on any atom is -0.261 e. The Morgan fingerprint density at radius 2 is 2.06 bits per heavy atom. The molecular formula is C14H14ClN. The number of benzene rings is 1. The van der Waals surface area contributed by atoms with E-state index in [9.17, 15) is 0 Å². The van der Waals surface area contributed by atoms with Crippen LogP contribution in [-0.4, -0.2) is 10.4 Å². The zero-order valence-corrected chi connectivity index (χ0v) is 9.82. The third-order valence-electron chi connectivity index (χ3n) is 3.28. The lowest BCUT2D eigenvalue weighted by Gasteiger charge is -2.09. The second-order valence-electron chi connectivity index (χ2n) is 4.54. The molecule has 1 aliphatic carbocycles. The molecule has 1 unspecified atom stereocenters. The van der Waals surface area contributed by atoms with E-state index in [2.05, 4.69) is 35.3 Å². The third kappa shape index (κ3) is 1.92. The van der Waals surface area contributed by atoms with Gasteiger partial charge in [0.1, 0.15) is 0 Å². The molecule has 16 heavy (non-hydrogen) atoms. The molecule has 0 spiro atoms. The van der Waals surface area contributed by atoms with Crippen LogP contribution >= 0.6 is 11.6 Å². The molecule has 2 aromatic rings. The molecule has 0 bridgehead atoms. The molecule has 0 aliphatic heterocycles. The predicted molar refractivity (Wildman–Crippen MR) is 67.8 cm³/mol. The minimum absolute atomic E-state index is 0.262. The van der Waals surface area contributed by atoms with Gasteiger partial charge in [-0.15, -0.1) is 11.6 Å². The Labute approximate surface area is 100 Å². The molecule has 1 atom stereocenters. The van der Waals surface area contributed by atoms with Crippen LogP contribution in [0.5, 0.6) is 0 Å². The first-order valence-corrected chi connectivity index (χ1v) is 6.25. The Morgan fingerprint density at radius 3 is 2.88 bits per heavy atom. The largest absolute Gasteiger partial charge is 0.261 e. The summed E-state index contributed by atoms with van der Waals surface area (Å²) >= 11 is 6.37. The van der Waals surface area contributed by atoms with Crippen molar-refractivity contribution in [1.82, 2.24) is 4.98 Å². The Morgan fingerprint density at radius 1 is 1.25 bits per heavy atom. The average molecular weight is 232 g/mol. The molecule has 1 saturated carbocycles. The fourth-order valence-corrected chi connectivity index (χ4v) is 2.55. The molecule has 0 N–H and O–H groups in total. The van der Waals surface area contributed by atoms with Crippen LogP contribution < -0.4 is 0 Å². The normalized spacial score (nSPS) is 17.6. The van der Waals surface area contributed by atoms with Crippen LogP contribution in [0.3, 0.4) is 0 Å². The number of fused-ring (bicyclic) bond motifs is 1. The van der Waals surface area contributed by atoms with Crippen molar-refractivity contribution in [3.8, 4) is 0 Å². The summed E-state index contributed by atoms with van der Waals surface area (Å²) < 4.78 is 0. The number of hydrogen-bond donors (Lipinski definition) is 0. The second kappa shape index (κ2) is 4.06. The first-order valence-electron chi connectivity index (χ1n) is 5.81. The van der Waals surface area contributed by atoms with Crippen LogP contribution in [0.2, 0.25) is 0 Å². The molecule has 0 saturated heterocycles. The molecule has 0 radical (unpaired) electrons. The Kier molecular flexibility index (Phi) is 2.56. The van der Waals surface area contributed by atoms with Crippen molar-refractivity contribution < 1.29 is 0 Å². The maximum atomic E-state index is 6.37. The lowest BCUT2D eigenvalue weighted by Crippen LogP contribution is -2.07. The smallest absolute Gasteiger partial charge is 0.0496 e. The van der Waals surface area contributed by atoms with Crippen molar-refractivity contribution in [1.29, 1.82) is 0 Å². The van der Waals surface area contributed by atoms with Gasteiger partial charge in [0.05, 0.1) is 0 Å². The lowest BCUT2D eigenvalue weighted by atomic mass is 10.1. The topological polar surface area (TPSA) is 12.9 Å². The van der Waals surface area contributed by atoms with E-state index in [-0.39, 0.29) is 5.38 Å². The van der Waals surface area contributed by atoms with E-state index in [0.717, 1.165) is 18.0 Å². The monoisotopic (exact) mass is 231 g/mol. The molecule has 1 fully saturated rings. The number of pyridine rings is 1. The first kappa shape index (κ1) is 10.1. The van der Waals surface area contributed by atoms with Gasteiger partial charge in [-0.1, -0.05) is 24.3 Å². The van der Waals surface area contributed by atoms with Gasteiger partial charge in [-0.05, 0) is 30.2 Å². The second-order valence-corrected chi connectivity index (χ2v) is 5.10. The summed E-state index contributed by atoms with van der Waals surface area (Å²) in [7, 11) is 0. The quantitative estimate of drug-likeness (QED) is 0.733. The first-order chi connectivity index (χ1) is 7.84. The highest BCUT2D eigenvalue weighted by atomic mass is 35.5. The average Bonchev–Trinajstić information content (AvgIpc) is 3.13.